The molecule has 0 aromatic heterocycles. The first-order valence-corrected chi connectivity index (χ1v) is 8.41. The van der Waals surface area contributed by atoms with Gasteiger partial charge in [0.15, 0.2) is 0 Å². The number of hydrogen-bond donors (Lipinski definition) is 1. The van der Waals surface area contributed by atoms with Crippen molar-refractivity contribution in [1.82, 2.24) is 5.32 Å². The van der Waals surface area contributed by atoms with E-state index in [-0.39, 0.29) is 11.4 Å². The van der Waals surface area contributed by atoms with E-state index in [1.54, 1.807) is 23.9 Å². The summed E-state index contributed by atoms with van der Waals surface area (Å²) in [5, 5.41) is 3.49. The molecule has 0 heterocycles. The third-order valence-electron chi connectivity index (χ3n) is 2.86. The first-order valence-electron chi connectivity index (χ1n) is 6.80. The van der Waals surface area contributed by atoms with Gasteiger partial charge in [-0.3, -0.25) is 0 Å². The van der Waals surface area contributed by atoms with Crippen LogP contribution in [-0.4, -0.2) is 5.54 Å². The van der Waals surface area contributed by atoms with Crippen molar-refractivity contribution in [2.24, 2.45) is 0 Å². The number of hydrogen-bond acceptors (Lipinski definition) is 2. The minimum atomic E-state index is -0.202. The third kappa shape index (κ3) is 5.46. The molecular weight excluding hydrogens is 349 g/mol. The highest BCUT2D eigenvalue weighted by Gasteiger charge is 2.11. The lowest BCUT2D eigenvalue weighted by Crippen LogP contribution is -2.35. The Hall–Kier alpha value is -0.840. The molecule has 0 fully saturated rings. The van der Waals surface area contributed by atoms with Crippen LogP contribution in [0, 0.1) is 5.82 Å². The lowest BCUT2D eigenvalue weighted by molar-refractivity contribution is 0.422. The molecule has 2 aromatic rings. The van der Waals surface area contributed by atoms with E-state index >= 15 is 0 Å². The predicted octanol–water partition coefficient (Wildman–Crippen LogP) is 5.63. The monoisotopic (exact) mass is 367 g/mol. The Balaban J connectivity index is 2.22. The first-order chi connectivity index (χ1) is 9.83. The van der Waals surface area contributed by atoms with Gasteiger partial charge in [-0.05, 0) is 62.7 Å². The van der Waals surface area contributed by atoms with Crippen molar-refractivity contribution >= 4 is 27.7 Å². The van der Waals surface area contributed by atoms with Crippen molar-refractivity contribution < 1.29 is 4.39 Å². The first kappa shape index (κ1) is 16.5. The minimum absolute atomic E-state index is 0.0586. The summed E-state index contributed by atoms with van der Waals surface area (Å²) in [5.41, 5.74) is 1.26. The highest BCUT2D eigenvalue weighted by Crippen LogP contribution is 2.32. The molecule has 0 aliphatic heterocycles. The maximum Gasteiger partial charge on any atom is 0.124 e. The molecule has 1 N–H and O–H groups in total. The molecule has 0 aliphatic carbocycles. The minimum Gasteiger partial charge on any atom is -0.308 e. The average Bonchev–Trinajstić information content (AvgIpc) is 2.38. The molecule has 2 aromatic carbocycles. The summed E-state index contributed by atoms with van der Waals surface area (Å²) < 4.78 is 14.4. The standard InChI is InChI=1S/C17H19BrFNS/c1-17(2,3)20-11-12-9-13(18)7-8-16(12)21-15-6-4-5-14(19)10-15/h4-10,20H,11H2,1-3H3. The molecule has 0 bridgehead atoms. The molecule has 4 heteroatoms. The molecular formula is C17H19BrFNS. The largest absolute Gasteiger partial charge is 0.308 e. The molecule has 0 atom stereocenters. The number of nitrogens with one attached hydrogen (secondary N) is 1. The van der Waals surface area contributed by atoms with E-state index in [1.807, 2.05) is 12.1 Å². The van der Waals surface area contributed by atoms with Crippen LogP contribution >= 0.6 is 27.7 Å². The molecule has 0 amide bonds. The molecule has 0 saturated carbocycles. The Kier molecular flexibility index (Phi) is 5.47. The second kappa shape index (κ2) is 6.95. The van der Waals surface area contributed by atoms with Crippen LogP contribution in [0.15, 0.2) is 56.7 Å². The van der Waals surface area contributed by atoms with Gasteiger partial charge in [-0.2, -0.15) is 0 Å². The van der Waals surface area contributed by atoms with E-state index in [1.165, 1.54) is 11.6 Å². The van der Waals surface area contributed by atoms with Crippen molar-refractivity contribution in [3.05, 3.63) is 58.3 Å². The van der Waals surface area contributed by atoms with E-state index in [0.717, 1.165) is 20.8 Å². The highest BCUT2D eigenvalue weighted by molar-refractivity contribution is 9.10. The smallest absolute Gasteiger partial charge is 0.124 e. The van der Waals surface area contributed by atoms with E-state index in [2.05, 4.69) is 54.2 Å². The van der Waals surface area contributed by atoms with Gasteiger partial charge < -0.3 is 5.32 Å². The normalized spacial score (nSPS) is 11.7. The Bertz CT molecular complexity index is 622. The van der Waals surface area contributed by atoms with Gasteiger partial charge in [0.05, 0.1) is 0 Å². The van der Waals surface area contributed by atoms with Gasteiger partial charge in [-0.1, -0.05) is 33.8 Å². The molecule has 112 valence electrons. The van der Waals surface area contributed by atoms with Gasteiger partial charge in [-0.25, -0.2) is 4.39 Å². The van der Waals surface area contributed by atoms with E-state index in [9.17, 15) is 4.39 Å². The van der Waals surface area contributed by atoms with Crippen molar-refractivity contribution in [1.29, 1.82) is 0 Å². The quantitative estimate of drug-likeness (QED) is 0.751. The van der Waals surface area contributed by atoms with E-state index in [4.69, 9.17) is 0 Å². The summed E-state index contributed by atoms with van der Waals surface area (Å²) in [6.07, 6.45) is 0. The fraction of sp³-hybridized carbons (Fsp3) is 0.294. The Labute approximate surface area is 138 Å². The van der Waals surface area contributed by atoms with Crippen LogP contribution in [-0.2, 0) is 6.54 Å². The Morgan fingerprint density at radius 3 is 2.57 bits per heavy atom. The zero-order valence-electron chi connectivity index (χ0n) is 12.4. The van der Waals surface area contributed by atoms with Crippen LogP contribution in [0.1, 0.15) is 26.3 Å². The second-order valence-electron chi connectivity index (χ2n) is 5.92. The van der Waals surface area contributed by atoms with Crippen LogP contribution in [0.3, 0.4) is 0 Å². The zero-order chi connectivity index (χ0) is 15.5. The van der Waals surface area contributed by atoms with Crippen molar-refractivity contribution in [3.63, 3.8) is 0 Å². The fourth-order valence-corrected chi connectivity index (χ4v) is 3.18. The molecule has 0 saturated heterocycles. The van der Waals surface area contributed by atoms with Crippen molar-refractivity contribution in [3.8, 4) is 0 Å². The molecule has 0 radical (unpaired) electrons. The zero-order valence-corrected chi connectivity index (χ0v) is 14.8. The van der Waals surface area contributed by atoms with Gasteiger partial charge in [0.1, 0.15) is 5.82 Å². The molecule has 2 rings (SSSR count). The lowest BCUT2D eigenvalue weighted by atomic mass is 10.1. The average molecular weight is 368 g/mol. The SMILES string of the molecule is CC(C)(C)NCc1cc(Br)ccc1Sc1cccc(F)c1. The van der Waals surface area contributed by atoms with E-state index in [0.29, 0.717) is 0 Å². The summed E-state index contributed by atoms with van der Waals surface area (Å²) in [5.74, 6) is -0.202. The molecule has 0 spiro atoms. The lowest BCUT2D eigenvalue weighted by Gasteiger charge is -2.21. The number of benzene rings is 2. The van der Waals surface area contributed by atoms with Crippen LogP contribution in [0.5, 0.6) is 0 Å². The molecule has 1 nitrogen and oxygen atoms in total. The highest BCUT2D eigenvalue weighted by atomic mass is 79.9. The van der Waals surface area contributed by atoms with Gasteiger partial charge in [0, 0.05) is 26.3 Å². The van der Waals surface area contributed by atoms with Gasteiger partial charge in [0.25, 0.3) is 0 Å². The second-order valence-corrected chi connectivity index (χ2v) is 7.95. The van der Waals surface area contributed by atoms with E-state index < -0.39 is 0 Å². The fourth-order valence-electron chi connectivity index (χ4n) is 1.80. The molecule has 21 heavy (non-hydrogen) atoms. The molecule has 0 unspecified atom stereocenters. The maximum absolute atomic E-state index is 13.3. The van der Waals surface area contributed by atoms with Crippen LogP contribution in [0.2, 0.25) is 0 Å². The third-order valence-corrected chi connectivity index (χ3v) is 4.46. The van der Waals surface area contributed by atoms with Crippen molar-refractivity contribution in [2.75, 3.05) is 0 Å². The Morgan fingerprint density at radius 1 is 1.14 bits per heavy atom. The molecule has 0 aliphatic rings. The Morgan fingerprint density at radius 2 is 1.90 bits per heavy atom. The van der Waals surface area contributed by atoms with Gasteiger partial charge in [-0.15, -0.1) is 0 Å². The van der Waals surface area contributed by atoms with Crippen LogP contribution in [0.25, 0.3) is 0 Å². The predicted molar refractivity (Wildman–Crippen MR) is 91.3 cm³/mol. The van der Waals surface area contributed by atoms with Crippen molar-refractivity contribution in [2.45, 2.75) is 42.6 Å². The summed E-state index contributed by atoms with van der Waals surface area (Å²) in [6, 6.07) is 12.9. The summed E-state index contributed by atoms with van der Waals surface area (Å²) in [4.78, 5) is 2.05. The summed E-state index contributed by atoms with van der Waals surface area (Å²) >= 11 is 5.10. The number of halogens is 2. The van der Waals surface area contributed by atoms with Crippen LogP contribution in [0.4, 0.5) is 4.39 Å². The van der Waals surface area contributed by atoms with Gasteiger partial charge in [0.2, 0.25) is 0 Å². The summed E-state index contributed by atoms with van der Waals surface area (Å²) in [7, 11) is 0. The number of rotatable bonds is 4. The van der Waals surface area contributed by atoms with Crippen LogP contribution < -0.4 is 5.32 Å². The maximum atomic E-state index is 13.3. The van der Waals surface area contributed by atoms with Gasteiger partial charge >= 0.3 is 0 Å². The summed E-state index contributed by atoms with van der Waals surface area (Å²) in [6.45, 7) is 7.21. The topological polar surface area (TPSA) is 12.0 Å².